The van der Waals surface area contributed by atoms with E-state index in [2.05, 4.69) is 6.92 Å². The van der Waals surface area contributed by atoms with Gasteiger partial charge in [0.05, 0.1) is 6.10 Å². The average Bonchev–Trinajstić information content (AvgIpc) is 2.27. The molecule has 3 nitrogen and oxygen atoms in total. The predicted molar refractivity (Wildman–Crippen MR) is 56.1 cm³/mol. The van der Waals surface area contributed by atoms with Crippen molar-refractivity contribution in [2.24, 2.45) is 5.92 Å². The van der Waals surface area contributed by atoms with E-state index in [4.69, 9.17) is 4.74 Å². The highest BCUT2D eigenvalue weighted by molar-refractivity contribution is 5.78. The zero-order chi connectivity index (χ0) is 10.6. The van der Waals surface area contributed by atoms with E-state index in [0.29, 0.717) is 0 Å². The molecule has 0 saturated carbocycles. The Kier molecular flexibility index (Phi) is 4.39. The smallest absolute Gasteiger partial charge is 0.225 e. The minimum absolute atomic E-state index is 0.158. The van der Waals surface area contributed by atoms with Crippen molar-refractivity contribution in [1.82, 2.24) is 4.90 Å². The second-order valence-electron chi connectivity index (χ2n) is 4.09. The van der Waals surface area contributed by atoms with Gasteiger partial charge in [-0.15, -0.1) is 0 Å². The number of rotatable bonds is 3. The largest absolute Gasteiger partial charge is 0.380 e. The number of hydrogen-bond donors (Lipinski definition) is 0. The van der Waals surface area contributed by atoms with Gasteiger partial charge < -0.3 is 9.64 Å². The van der Waals surface area contributed by atoms with E-state index in [9.17, 15) is 4.79 Å². The van der Waals surface area contributed by atoms with Crippen molar-refractivity contribution in [2.45, 2.75) is 39.2 Å². The van der Waals surface area contributed by atoms with E-state index < -0.39 is 0 Å². The lowest BCUT2D eigenvalue weighted by Gasteiger charge is -2.33. The molecular formula is C11H21NO2. The van der Waals surface area contributed by atoms with Gasteiger partial charge in [-0.1, -0.05) is 13.8 Å². The van der Waals surface area contributed by atoms with Crippen molar-refractivity contribution >= 4 is 5.91 Å². The Balaban J connectivity index is 2.47. The zero-order valence-electron chi connectivity index (χ0n) is 9.45. The number of ether oxygens (including phenoxy) is 1. The first-order valence-electron chi connectivity index (χ1n) is 5.50. The number of hydrogen-bond acceptors (Lipinski definition) is 2. The van der Waals surface area contributed by atoms with Gasteiger partial charge in [0.25, 0.3) is 0 Å². The molecule has 0 spiro atoms. The summed E-state index contributed by atoms with van der Waals surface area (Å²) in [6.45, 7) is 5.74. The summed E-state index contributed by atoms with van der Waals surface area (Å²) in [5, 5.41) is 0. The molecule has 1 heterocycles. The number of likely N-dealkylation sites (tertiary alicyclic amines) is 1. The van der Waals surface area contributed by atoms with Crippen molar-refractivity contribution in [3.8, 4) is 0 Å². The van der Waals surface area contributed by atoms with Crippen LogP contribution in [0.15, 0.2) is 0 Å². The molecule has 0 bridgehead atoms. The third-order valence-corrected chi connectivity index (χ3v) is 3.06. The molecule has 3 heteroatoms. The number of nitrogens with zero attached hydrogens (tertiary/aromatic N) is 1. The monoisotopic (exact) mass is 199 g/mol. The highest BCUT2D eigenvalue weighted by atomic mass is 16.5. The van der Waals surface area contributed by atoms with Gasteiger partial charge in [-0.05, 0) is 19.3 Å². The van der Waals surface area contributed by atoms with Crippen molar-refractivity contribution in [2.75, 3.05) is 20.2 Å². The number of amides is 1. The first-order valence-corrected chi connectivity index (χ1v) is 5.50. The van der Waals surface area contributed by atoms with Gasteiger partial charge in [-0.25, -0.2) is 0 Å². The number of methoxy groups -OCH3 is 1. The van der Waals surface area contributed by atoms with Crippen molar-refractivity contribution in [1.29, 1.82) is 0 Å². The molecule has 0 aliphatic carbocycles. The Labute approximate surface area is 86.4 Å². The number of carbonyl (C=O) groups is 1. The van der Waals surface area contributed by atoms with Gasteiger partial charge in [0, 0.05) is 26.1 Å². The maximum Gasteiger partial charge on any atom is 0.225 e. The van der Waals surface area contributed by atoms with E-state index in [1.807, 2.05) is 11.8 Å². The summed E-state index contributed by atoms with van der Waals surface area (Å²) in [6, 6.07) is 0. The molecule has 1 rings (SSSR count). The number of carbonyl (C=O) groups excluding carboxylic acids is 1. The first-order chi connectivity index (χ1) is 6.69. The molecule has 82 valence electrons. The Morgan fingerprint density at radius 2 is 2.36 bits per heavy atom. The van der Waals surface area contributed by atoms with Crippen molar-refractivity contribution in [3.63, 3.8) is 0 Å². The fourth-order valence-corrected chi connectivity index (χ4v) is 1.82. The van der Waals surface area contributed by atoms with Crippen molar-refractivity contribution < 1.29 is 9.53 Å². The van der Waals surface area contributed by atoms with Crippen LogP contribution in [0.2, 0.25) is 0 Å². The normalized spacial score (nSPS) is 24.8. The maximum atomic E-state index is 11.9. The lowest BCUT2D eigenvalue weighted by Crippen LogP contribution is -2.44. The summed E-state index contributed by atoms with van der Waals surface area (Å²) >= 11 is 0. The highest BCUT2D eigenvalue weighted by Gasteiger charge is 2.25. The Morgan fingerprint density at radius 3 is 2.93 bits per heavy atom. The molecule has 0 aromatic rings. The van der Waals surface area contributed by atoms with E-state index in [1.165, 1.54) is 0 Å². The lowest BCUT2D eigenvalue weighted by molar-refractivity contribution is -0.138. The van der Waals surface area contributed by atoms with Crippen LogP contribution >= 0.6 is 0 Å². The third-order valence-electron chi connectivity index (χ3n) is 3.06. The Bertz CT molecular complexity index is 194. The molecule has 1 amide bonds. The molecule has 1 saturated heterocycles. The quantitative estimate of drug-likeness (QED) is 0.692. The van der Waals surface area contributed by atoms with Crippen LogP contribution in [0.1, 0.15) is 33.1 Å². The predicted octanol–water partition coefficient (Wildman–Crippen LogP) is 1.67. The van der Waals surface area contributed by atoms with Crippen LogP contribution in [-0.2, 0) is 9.53 Å². The molecule has 2 unspecified atom stereocenters. The van der Waals surface area contributed by atoms with Crippen LogP contribution in [0.25, 0.3) is 0 Å². The molecule has 1 aliphatic rings. The Morgan fingerprint density at radius 1 is 1.64 bits per heavy atom. The molecule has 1 fully saturated rings. The van der Waals surface area contributed by atoms with Gasteiger partial charge in [0.2, 0.25) is 5.91 Å². The standard InChI is InChI=1S/C11H21NO2/c1-4-9(2)11(13)12-7-5-6-10(8-12)14-3/h9-10H,4-8H2,1-3H3. The molecule has 0 N–H and O–H groups in total. The SMILES string of the molecule is CCC(C)C(=O)N1CCCC(OC)C1. The molecule has 14 heavy (non-hydrogen) atoms. The molecule has 0 aromatic heterocycles. The van der Waals surface area contributed by atoms with E-state index in [-0.39, 0.29) is 17.9 Å². The van der Waals surface area contributed by atoms with Gasteiger partial charge in [-0.2, -0.15) is 0 Å². The molecule has 0 aromatic carbocycles. The van der Waals surface area contributed by atoms with Crippen LogP contribution in [-0.4, -0.2) is 37.1 Å². The van der Waals surface area contributed by atoms with E-state index in [1.54, 1.807) is 7.11 Å². The summed E-state index contributed by atoms with van der Waals surface area (Å²) in [7, 11) is 1.72. The summed E-state index contributed by atoms with van der Waals surface area (Å²) in [6.07, 6.45) is 3.32. The van der Waals surface area contributed by atoms with Gasteiger partial charge in [-0.3, -0.25) is 4.79 Å². The summed E-state index contributed by atoms with van der Waals surface area (Å²) in [4.78, 5) is 13.8. The summed E-state index contributed by atoms with van der Waals surface area (Å²) in [5.74, 6) is 0.444. The highest BCUT2D eigenvalue weighted by Crippen LogP contribution is 2.16. The fourth-order valence-electron chi connectivity index (χ4n) is 1.82. The van der Waals surface area contributed by atoms with Crippen LogP contribution in [0, 0.1) is 5.92 Å². The second kappa shape index (κ2) is 5.35. The second-order valence-corrected chi connectivity index (χ2v) is 4.09. The Hall–Kier alpha value is -0.570. The molecular weight excluding hydrogens is 178 g/mol. The lowest BCUT2D eigenvalue weighted by atomic mass is 10.0. The fraction of sp³-hybridized carbons (Fsp3) is 0.909. The summed E-state index contributed by atoms with van der Waals surface area (Å²) in [5.41, 5.74) is 0. The minimum Gasteiger partial charge on any atom is -0.380 e. The van der Waals surface area contributed by atoms with Crippen LogP contribution in [0.4, 0.5) is 0 Å². The van der Waals surface area contributed by atoms with Gasteiger partial charge in [0.1, 0.15) is 0 Å². The van der Waals surface area contributed by atoms with Crippen molar-refractivity contribution in [3.05, 3.63) is 0 Å². The van der Waals surface area contributed by atoms with E-state index >= 15 is 0 Å². The molecule has 0 radical (unpaired) electrons. The van der Waals surface area contributed by atoms with Crippen LogP contribution < -0.4 is 0 Å². The van der Waals surface area contributed by atoms with Crippen LogP contribution in [0.5, 0.6) is 0 Å². The zero-order valence-corrected chi connectivity index (χ0v) is 9.45. The average molecular weight is 199 g/mol. The topological polar surface area (TPSA) is 29.5 Å². The summed E-state index contributed by atoms with van der Waals surface area (Å²) < 4.78 is 5.29. The van der Waals surface area contributed by atoms with Gasteiger partial charge >= 0.3 is 0 Å². The minimum atomic E-state index is 0.158. The molecule has 2 atom stereocenters. The molecule has 1 aliphatic heterocycles. The van der Waals surface area contributed by atoms with Gasteiger partial charge in [0.15, 0.2) is 0 Å². The van der Waals surface area contributed by atoms with Crippen LogP contribution in [0.3, 0.4) is 0 Å². The number of piperidine rings is 1. The van der Waals surface area contributed by atoms with E-state index in [0.717, 1.165) is 32.4 Å². The maximum absolute atomic E-state index is 11.9. The third kappa shape index (κ3) is 2.71. The first kappa shape index (κ1) is 11.5.